The van der Waals surface area contributed by atoms with E-state index in [4.69, 9.17) is 9.84 Å². The van der Waals surface area contributed by atoms with E-state index in [1.54, 1.807) is 12.3 Å². The van der Waals surface area contributed by atoms with Gasteiger partial charge in [-0.2, -0.15) is 0 Å². The molecule has 1 heterocycles. The van der Waals surface area contributed by atoms with Crippen LogP contribution in [0.25, 0.3) is 0 Å². The van der Waals surface area contributed by atoms with Crippen molar-refractivity contribution in [1.29, 1.82) is 0 Å². The lowest BCUT2D eigenvalue weighted by Crippen LogP contribution is -2.22. The summed E-state index contributed by atoms with van der Waals surface area (Å²) in [6.45, 7) is 8.57. The molecule has 0 aliphatic rings. The molecule has 0 atom stereocenters. The Bertz CT molecular complexity index is 980. The first-order valence-corrected chi connectivity index (χ1v) is 10.4. The van der Waals surface area contributed by atoms with Crippen molar-refractivity contribution in [2.75, 3.05) is 6.61 Å². The Labute approximate surface area is 184 Å². The van der Waals surface area contributed by atoms with Crippen LogP contribution in [0.3, 0.4) is 0 Å². The van der Waals surface area contributed by atoms with Gasteiger partial charge in [-0.3, -0.25) is 9.88 Å². The van der Waals surface area contributed by atoms with Crippen molar-refractivity contribution in [3.8, 4) is 5.75 Å². The van der Waals surface area contributed by atoms with Crippen molar-refractivity contribution in [3.05, 3.63) is 95.3 Å². The van der Waals surface area contributed by atoms with Crippen LogP contribution in [0.15, 0.2) is 73.1 Å². The van der Waals surface area contributed by atoms with Gasteiger partial charge in [0, 0.05) is 32.0 Å². The number of aromatic nitrogens is 1. The van der Waals surface area contributed by atoms with E-state index in [-0.39, 0.29) is 12.0 Å². The van der Waals surface area contributed by atoms with Crippen LogP contribution in [0.5, 0.6) is 5.75 Å². The quantitative estimate of drug-likeness (QED) is 0.527. The summed E-state index contributed by atoms with van der Waals surface area (Å²) in [5.41, 5.74) is 4.91. The van der Waals surface area contributed by atoms with Gasteiger partial charge in [-0.15, -0.1) is 0 Å². The maximum Gasteiger partial charge on any atom is 0.341 e. The summed E-state index contributed by atoms with van der Waals surface area (Å²) in [4.78, 5) is 17.4. The first-order chi connectivity index (χ1) is 14.8. The summed E-state index contributed by atoms with van der Waals surface area (Å²) in [5, 5.41) is 8.85. The fraction of sp³-hybridized carbons (Fsp3) is 0.308. The smallest absolute Gasteiger partial charge is 0.341 e. The Hall–Kier alpha value is -3.18. The summed E-state index contributed by atoms with van der Waals surface area (Å²) in [7, 11) is 0. The number of nitrogens with zero attached hydrogens (tertiary/aromatic N) is 2. The molecule has 0 spiro atoms. The number of ether oxygens (including phenoxy) is 1. The molecule has 5 nitrogen and oxygen atoms in total. The van der Waals surface area contributed by atoms with Crippen LogP contribution in [0.2, 0.25) is 0 Å². The number of hydrogen-bond acceptors (Lipinski definition) is 4. The van der Waals surface area contributed by atoms with E-state index in [2.05, 4.69) is 61.0 Å². The van der Waals surface area contributed by atoms with E-state index in [0.29, 0.717) is 12.3 Å². The summed E-state index contributed by atoms with van der Waals surface area (Å²) >= 11 is 0. The van der Waals surface area contributed by atoms with Gasteiger partial charge in [0.2, 0.25) is 0 Å². The molecule has 0 bridgehead atoms. The predicted octanol–water partition coefficient (Wildman–Crippen LogP) is 5.04. The van der Waals surface area contributed by atoms with E-state index < -0.39 is 5.97 Å². The molecule has 0 unspecified atom stereocenters. The Morgan fingerprint density at radius 2 is 1.61 bits per heavy atom. The lowest BCUT2D eigenvalue weighted by atomic mass is 9.87. The van der Waals surface area contributed by atoms with E-state index in [1.807, 2.05) is 30.5 Å². The third-order valence-corrected chi connectivity index (χ3v) is 5.02. The predicted molar refractivity (Wildman–Crippen MR) is 122 cm³/mol. The molecule has 162 valence electrons. The van der Waals surface area contributed by atoms with Crippen molar-refractivity contribution in [2.45, 2.75) is 45.8 Å². The fourth-order valence-corrected chi connectivity index (χ4v) is 3.42. The van der Waals surface area contributed by atoms with Crippen molar-refractivity contribution in [2.24, 2.45) is 0 Å². The maximum absolute atomic E-state index is 10.8. The third kappa shape index (κ3) is 7.23. The Kier molecular flexibility index (Phi) is 7.42. The van der Waals surface area contributed by atoms with Crippen molar-refractivity contribution >= 4 is 5.97 Å². The van der Waals surface area contributed by atoms with Gasteiger partial charge in [0.25, 0.3) is 0 Å². The van der Waals surface area contributed by atoms with Gasteiger partial charge in [0.1, 0.15) is 5.75 Å². The van der Waals surface area contributed by atoms with E-state index in [9.17, 15) is 4.79 Å². The molecule has 5 heteroatoms. The number of pyridine rings is 1. The van der Waals surface area contributed by atoms with Crippen LogP contribution in [0.4, 0.5) is 0 Å². The van der Waals surface area contributed by atoms with Crippen LogP contribution in [-0.2, 0) is 29.8 Å². The zero-order valence-corrected chi connectivity index (χ0v) is 18.4. The lowest BCUT2D eigenvalue weighted by molar-refractivity contribution is -0.139. The summed E-state index contributed by atoms with van der Waals surface area (Å²) in [6, 6.07) is 20.5. The van der Waals surface area contributed by atoms with Crippen LogP contribution in [0, 0.1) is 0 Å². The minimum atomic E-state index is -0.984. The molecule has 0 aliphatic carbocycles. The highest BCUT2D eigenvalue weighted by atomic mass is 16.5. The number of carboxylic acids is 1. The Balaban J connectivity index is 1.77. The van der Waals surface area contributed by atoms with Gasteiger partial charge < -0.3 is 9.84 Å². The second-order valence-electron chi connectivity index (χ2n) is 8.78. The van der Waals surface area contributed by atoms with Crippen LogP contribution < -0.4 is 4.74 Å². The highest BCUT2D eigenvalue weighted by Gasteiger charge is 2.14. The normalized spacial score (nSPS) is 11.5. The fourth-order valence-electron chi connectivity index (χ4n) is 3.42. The number of carboxylic acid groups (broad SMARTS) is 1. The first-order valence-electron chi connectivity index (χ1n) is 10.4. The van der Waals surface area contributed by atoms with Crippen molar-refractivity contribution in [1.82, 2.24) is 9.88 Å². The van der Waals surface area contributed by atoms with E-state index in [0.717, 1.165) is 24.2 Å². The maximum atomic E-state index is 10.8. The van der Waals surface area contributed by atoms with Gasteiger partial charge in [0.15, 0.2) is 6.61 Å². The SMILES string of the molecule is CC(C)(C)c1ccc(CN(Cc2cccnc2)Cc2cccc(OCC(=O)O)c2)cc1. The molecule has 3 aromatic rings. The highest BCUT2D eigenvalue weighted by molar-refractivity contribution is 5.68. The summed E-state index contributed by atoms with van der Waals surface area (Å²) in [5.74, 6) is -0.418. The molecule has 31 heavy (non-hydrogen) atoms. The Morgan fingerprint density at radius 3 is 2.26 bits per heavy atom. The largest absolute Gasteiger partial charge is 0.482 e. The number of hydrogen-bond donors (Lipinski definition) is 1. The summed E-state index contributed by atoms with van der Waals surface area (Å²) in [6.07, 6.45) is 3.67. The molecule has 0 fully saturated rings. The molecule has 0 aliphatic heterocycles. The molecule has 0 radical (unpaired) electrons. The van der Waals surface area contributed by atoms with E-state index in [1.165, 1.54) is 11.1 Å². The van der Waals surface area contributed by atoms with Gasteiger partial charge in [-0.25, -0.2) is 4.79 Å². The average Bonchev–Trinajstić information content (AvgIpc) is 2.73. The second-order valence-corrected chi connectivity index (χ2v) is 8.78. The van der Waals surface area contributed by atoms with Crippen LogP contribution in [0.1, 0.15) is 43.0 Å². The molecule has 0 saturated heterocycles. The molecule has 1 N–H and O–H groups in total. The van der Waals surface area contributed by atoms with Gasteiger partial charge in [-0.1, -0.05) is 63.2 Å². The first kappa shape index (κ1) is 22.5. The standard InChI is InChI=1S/C26H30N2O3/c1-26(2,3)23-11-9-20(10-12-23)16-28(18-22-7-5-13-27-15-22)17-21-6-4-8-24(14-21)31-19-25(29)30/h4-15H,16-19H2,1-3H3,(H,29,30). The number of carbonyl (C=O) groups is 1. The zero-order chi connectivity index (χ0) is 22.3. The third-order valence-electron chi connectivity index (χ3n) is 5.02. The number of aliphatic carboxylic acids is 1. The van der Waals surface area contributed by atoms with Crippen LogP contribution >= 0.6 is 0 Å². The molecular formula is C26H30N2O3. The Morgan fingerprint density at radius 1 is 0.935 bits per heavy atom. The van der Waals surface area contributed by atoms with Gasteiger partial charge >= 0.3 is 5.97 Å². The molecular weight excluding hydrogens is 388 g/mol. The van der Waals surface area contributed by atoms with Crippen molar-refractivity contribution < 1.29 is 14.6 Å². The highest BCUT2D eigenvalue weighted by Crippen LogP contribution is 2.23. The summed E-state index contributed by atoms with van der Waals surface area (Å²) < 4.78 is 5.34. The van der Waals surface area contributed by atoms with E-state index >= 15 is 0 Å². The minimum Gasteiger partial charge on any atom is -0.482 e. The van der Waals surface area contributed by atoms with Gasteiger partial charge in [-0.05, 0) is 45.9 Å². The lowest BCUT2D eigenvalue weighted by Gasteiger charge is -2.24. The molecule has 0 amide bonds. The molecule has 2 aromatic carbocycles. The van der Waals surface area contributed by atoms with Gasteiger partial charge in [0.05, 0.1) is 0 Å². The average molecular weight is 419 g/mol. The number of rotatable bonds is 9. The van der Waals surface area contributed by atoms with Crippen LogP contribution in [-0.4, -0.2) is 27.6 Å². The molecule has 3 rings (SSSR count). The molecule has 1 aromatic heterocycles. The topological polar surface area (TPSA) is 62.7 Å². The molecule has 0 saturated carbocycles. The number of benzene rings is 2. The van der Waals surface area contributed by atoms with Crippen molar-refractivity contribution in [3.63, 3.8) is 0 Å². The zero-order valence-electron chi connectivity index (χ0n) is 18.4. The minimum absolute atomic E-state index is 0.129. The second kappa shape index (κ2) is 10.2. The monoisotopic (exact) mass is 418 g/mol.